The van der Waals surface area contributed by atoms with Gasteiger partial charge in [-0.05, 0) is 43.7 Å². The second kappa shape index (κ2) is 7.16. The van der Waals surface area contributed by atoms with Gasteiger partial charge in [-0.15, -0.1) is 11.3 Å². The van der Waals surface area contributed by atoms with Crippen LogP contribution in [0.15, 0.2) is 12.1 Å². The Hall–Kier alpha value is -0.520. The standard InChI is InChI=1S/C16H25NO2S2/c1-4-12(17)15(13-6-5-11(2)21-13)20-10-16(7-8-16)9-14(18)19-3/h5-6,12,15H,4,7-10,17H2,1-3H3. The zero-order valence-electron chi connectivity index (χ0n) is 13.1. The van der Waals surface area contributed by atoms with Crippen LogP contribution in [0.25, 0.3) is 0 Å². The number of hydrogen-bond donors (Lipinski definition) is 1. The minimum atomic E-state index is -0.0867. The van der Waals surface area contributed by atoms with E-state index in [1.807, 2.05) is 23.1 Å². The highest BCUT2D eigenvalue weighted by molar-refractivity contribution is 7.99. The van der Waals surface area contributed by atoms with Crippen molar-refractivity contribution in [3.05, 3.63) is 21.9 Å². The molecule has 1 aliphatic rings. The highest BCUT2D eigenvalue weighted by Gasteiger charge is 2.45. The predicted octanol–water partition coefficient (Wildman–Crippen LogP) is 3.91. The van der Waals surface area contributed by atoms with Crippen molar-refractivity contribution in [2.45, 2.75) is 50.8 Å². The SMILES string of the molecule is CCC(N)C(SCC1(CC(=O)OC)CC1)c1ccc(C)s1. The molecule has 0 radical (unpaired) electrons. The van der Waals surface area contributed by atoms with Crippen molar-refractivity contribution >= 4 is 29.1 Å². The Bertz CT molecular complexity index is 482. The summed E-state index contributed by atoms with van der Waals surface area (Å²) < 4.78 is 4.82. The maximum Gasteiger partial charge on any atom is 0.306 e. The van der Waals surface area contributed by atoms with E-state index in [1.165, 1.54) is 16.9 Å². The minimum Gasteiger partial charge on any atom is -0.469 e. The second-order valence-corrected chi connectivity index (χ2v) is 8.45. The molecule has 2 atom stereocenters. The molecule has 0 amide bonds. The number of rotatable bonds is 8. The van der Waals surface area contributed by atoms with Gasteiger partial charge in [0.1, 0.15) is 0 Å². The summed E-state index contributed by atoms with van der Waals surface area (Å²) in [5.74, 6) is 0.911. The summed E-state index contributed by atoms with van der Waals surface area (Å²) >= 11 is 3.76. The van der Waals surface area contributed by atoms with Crippen LogP contribution in [0.2, 0.25) is 0 Å². The zero-order chi connectivity index (χ0) is 15.5. The molecule has 2 unspecified atom stereocenters. The second-order valence-electron chi connectivity index (χ2n) is 6.01. The summed E-state index contributed by atoms with van der Waals surface area (Å²) in [6, 6.07) is 4.53. The molecule has 5 heteroatoms. The third-order valence-corrected chi connectivity index (χ3v) is 7.15. The van der Waals surface area contributed by atoms with Crippen molar-refractivity contribution < 1.29 is 9.53 Å². The van der Waals surface area contributed by atoms with Crippen molar-refractivity contribution in [3.8, 4) is 0 Å². The molecule has 1 heterocycles. The van der Waals surface area contributed by atoms with Gasteiger partial charge in [0.2, 0.25) is 0 Å². The summed E-state index contributed by atoms with van der Waals surface area (Å²) in [6.07, 6.45) is 3.78. The van der Waals surface area contributed by atoms with Crippen molar-refractivity contribution in [3.63, 3.8) is 0 Å². The van der Waals surface area contributed by atoms with Crippen LogP contribution in [0, 0.1) is 12.3 Å². The maximum atomic E-state index is 11.5. The Kier molecular flexibility index (Phi) is 5.74. The Balaban J connectivity index is 1.98. The fourth-order valence-corrected chi connectivity index (χ4v) is 5.32. The topological polar surface area (TPSA) is 52.3 Å². The summed E-state index contributed by atoms with van der Waals surface area (Å²) in [7, 11) is 1.47. The molecule has 118 valence electrons. The number of methoxy groups -OCH3 is 1. The van der Waals surface area contributed by atoms with E-state index in [-0.39, 0.29) is 17.4 Å². The Labute approximate surface area is 135 Å². The van der Waals surface area contributed by atoms with Crippen LogP contribution in [-0.4, -0.2) is 24.9 Å². The van der Waals surface area contributed by atoms with Crippen LogP contribution in [0.4, 0.5) is 0 Å². The summed E-state index contributed by atoms with van der Waals surface area (Å²) in [5.41, 5.74) is 6.49. The van der Waals surface area contributed by atoms with E-state index in [1.54, 1.807) is 0 Å². The number of esters is 1. The lowest BCUT2D eigenvalue weighted by Crippen LogP contribution is -2.26. The van der Waals surface area contributed by atoms with Gasteiger partial charge in [-0.2, -0.15) is 11.8 Å². The summed E-state index contributed by atoms with van der Waals surface area (Å²) in [4.78, 5) is 14.2. The number of thioether (sulfide) groups is 1. The molecular weight excluding hydrogens is 302 g/mol. The Morgan fingerprint density at radius 1 is 1.52 bits per heavy atom. The monoisotopic (exact) mass is 327 g/mol. The van der Waals surface area contributed by atoms with Crippen LogP contribution in [0.5, 0.6) is 0 Å². The normalized spacial score (nSPS) is 19.0. The third kappa shape index (κ3) is 4.47. The molecule has 1 fully saturated rings. The minimum absolute atomic E-state index is 0.0867. The summed E-state index contributed by atoms with van der Waals surface area (Å²) in [6.45, 7) is 4.27. The van der Waals surface area contributed by atoms with Gasteiger partial charge in [-0.1, -0.05) is 6.92 Å². The number of carbonyl (C=O) groups is 1. The van der Waals surface area contributed by atoms with E-state index < -0.39 is 0 Å². The van der Waals surface area contributed by atoms with E-state index in [4.69, 9.17) is 10.5 Å². The molecule has 0 saturated heterocycles. The number of thiophene rings is 1. The lowest BCUT2D eigenvalue weighted by Gasteiger charge is -2.24. The molecule has 1 aliphatic carbocycles. The van der Waals surface area contributed by atoms with Gasteiger partial charge in [0.15, 0.2) is 0 Å². The lowest BCUT2D eigenvalue weighted by atomic mass is 10.1. The van der Waals surface area contributed by atoms with Crippen molar-refractivity contribution in [1.29, 1.82) is 0 Å². The Morgan fingerprint density at radius 2 is 2.24 bits per heavy atom. The molecule has 1 aromatic heterocycles. The van der Waals surface area contributed by atoms with Crippen LogP contribution < -0.4 is 5.73 Å². The molecule has 2 N–H and O–H groups in total. The van der Waals surface area contributed by atoms with Gasteiger partial charge >= 0.3 is 5.97 Å². The molecule has 3 nitrogen and oxygen atoms in total. The van der Waals surface area contributed by atoms with Gasteiger partial charge < -0.3 is 10.5 Å². The lowest BCUT2D eigenvalue weighted by molar-refractivity contribution is -0.141. The number of nitrogens with two attached hydrogens (primary N) is 1. The first-order valence-electron chi connectivity index (χ1n) is 7.50. The number of aryl methyl sites for hydroxylation is 1. The van der Waals surface area contributed by atoms with E-state index in [9.17, 15) is 4.79 Å². The van der Waals surface area contributed by atoms with Crippen LogP contribution in [0.1, 0.15) is 47.6 Å². The van der Waals surface area contributed by atoms with Crippen molar-refractivity contribution in [1.82, 2.24) is 0 Å². The zero-order valence-corrected chi connectivity index (χ0v) is 14.7. The first kappa shape index (κ1) is 16.8. The Morgan fingerprint density at radius 3 is 2.71 bits per heavy atom. The van der Waals surface area contributed by atoms with Gasteiger partial charge in [-0.25, -0.2) is 0 Å². The van der Waals surface area contributed by atoms with Crippen molar-refractivity contribution in [2.24, 2.45) is 11.1 Å². The van der Waals surface area contributed by atoms with E-state index in [0.717, 1.165) is 25.0 Å². The molecule has 0 bridgehead atoms. The molecule has 21 heavy (non-hydrogen) atoms. The smallest absolute Gasteiger partial charge is 0.306 e. The number of ether oxygens (including phenoxy) is 1. The third-order valence-electron chi connectivity index (χ3n) is 4.18. The molecular formula is C16H25NO2S2. The van der Waals surface area contributed by atoms with E-state index in [2.05, 4.69) is 26.0 Å². The van der Waals surface area contributed by atoms with E-state index in [0.29, 0.717) is 11.7 Å². The van der Waals surface area contributed by atoms with Crippen LogP contribution in [0.3, 0.4) is 0 Å². The van der Waals surface area contributed by atoms with Crippen molar-refractivity contribution in [2.75, 3.05) is 12.9 Å². The number of hydrogen-bond acceptors (Lipinski definition) is 5. The average molecular weight is 328 g/mol. The fraction of sp³-hybridized carbons (Fsp3) is 0.688. The molecule has 2 rings (SSSR count). The van der Waals surface area contributed by atoms with Gasteiger partial charge in [-0.3, -0.25) is 4.79 Å². The highest BCUT2D eigenvalue weighted by Crippen LogP contribution is 2.53. The van der Waals surface area contributed by atoms with Crippen LogP contribution in [-0.2, 0) is 9.53 Å². The molecule has 0 spiro atoms. The van der Waals surface area contributed by atoms with Gasteiger partial charge in [0.25, 0.3) is 0 Å². The largest absolute Gasteiger partial charge is 0.469 e. The first-order chi connectivity index (χ1) is 9.99. The molecule has 0 aliphatic heterocycles. The predicted molar refractivity (Wildman–Crippen MR) is 90.8 cm³/mol. The molecule has 1 aromatic rings. The quantitative estimate of drug-likeness (QED) is 0.736. The van der Waals surface area contributed by atoms with Crippen LogP contribution >= 0.6 is 23.1 Å². The highest BCUT2D eigenvalue weighted by atomic mass is 32.2. The fourth-order valence-electron chi connectivity index (χ4n) is 2.43. The van der Waals surface area contributed by atoms with Gasteiger partial charge in [0.05, 0.1) is 18.8 Å². The molecule has 0 aromatic carbocycles. The number of carbonyl (C=O) groups excluding carboxylic acids is 1. The van der Waals surface area contributed by atoms with Gasteiger partial charge in [0, 0.05) is 21.5 Å². The van der Waals surface area contributed by atoms with E-state index >= 15 is 0 Å². The maximum absolute atomic E-state index is 11.5. The average Bonchev–Trinajstić information content (AvgIpc) is 3.10. The first-order valence-corrected chi connectivity index (χ1v) is 9.36. The summed E-state index contributed by atoms with van der Waals surface area (Å²) in [5, 5.41) is 0.337. The molecule has 1 saturated carbocycles.